The highest BCUT2D eigenvalue weighted by Gasteiger charge is 2.11. The molecule has 1 unspecified atom stereocenters. The van der Waals surface area contributed by atoms with Gasteiger partial charge in [-0.15, -0.1) is 0 Å². The Balaban J connectivity index is 1.98. The number of aryl methyl sites for hydroxylation is 1. The Kier molecular flexibility index (Phi) is 3.94. The van der Waals surface area contributed by atoms with Gasteiger partial charge < -0.3 is 14.8 Å². The number of benzene rings is 1. The van der Waals surface area contributed by atoms with Crippen LogP contribution < -0.4 is 0 Å². The lowest BCUT2D eigenvalue weighted by Gasteiger charge is -2.11. The predicted molar refractivity (Wildman–Crippen MR) is 80.7 cm³/mol. The van der Waals surface area contributed by atoms with Crippen molar-refractivity contribution in [2.45, 2.75) is 19.1 Å². The summed E-state index contributed by atoms with van der Waals surface area (Å²) in [6.07, 6.45) is 5.19. The van der Waals surface area contributed by atoms with Gasteiger partial charge >= 0.3 is 0 Å². The van der Waals surface area contributed by atoms with Crippen molar-refractivity contribution in [1.29, 1.82) is 0 Å². The van der Waals surface area contributed by atoms with Crippen LogP contribution in [0.4, 0.5) is 0 Å². The fourth-order valence-corrected chi connectivity index (χ4v) is 2.41. The van der Waals surface area contributed by atoms with E-state index in [1.807, 2.05) is 41.1 Å². The van der Waals surface area contributed by atoms with Crippen LogP contribution in [0.3, 0.4) is 0 Å². The number of nitrogens with zero attached hydrogens (tertiary/aromatic N) is 3. The van der Waals surface area contributed by atoms with Crippen molar-refractivity contribution in [3.05, 3.63) is 48.9 Å². The average molecular weight is 283 g/mol. The van der Waals surface area contributed by atoms with Crippen molar-refractivity contribution in [3.63, 3.8) is 0 Å². The van der Waals surface area contributed by atoms with Crippen molar-refractivity contribution < 1.29 is 10.2 Å². The Morgan fingerprint density at radius 2 is 2.00 bits per heavy atom. The maximum atomic E-state index is 9.50. The summed E-state index contributed by atoms with van der Waals surface area (Å²) in [6, 6.07) is 9.90. The molecule has 108 valence electrons. The van der Waals surface area contributed by atoms with Crippen molar-refractivity contribution >= 4 is 10.9 Å². The quantitative estimate of drug-likeness (QED) is 0.749. The number of imidazole rings is 1. The lowest BCUT2D eigenvalue weighted by molar-refractivity contribution is 0.0847. The third-order valence-electron chi connectivity index (χ3n) is 3.52. The van der Waals surface area contributed by atoms with E-state index in [1.54, 1.807) is 12.4 Å². The minimum Gasteiger partial charge on any atom is -0.394 e. The Bertz CT molecular complexity index is 734. The fraction of sp³-hybridized carbons (Fsp3) is 0.250. The van der Waals surface area contributed by atoms with Crippen LogP contribution in [-0.4, -0.2) is 37.5 Å². The molecule has 21 heavy (non-hydrogen) atoms. The SMILES string of the molecule is OCC(O)CCn1ccnc1-c1cccc2ncccc12. The minimum absolute atomic E-state index is 0.220. The molecular formula is C16H17N3O2. The molecule has 0 spiro atoms. The molecule has 3 aromatic rings. The molecule has 0 saturated carbocycles. The van der Waals surface area contributed by atoms with Gasteiger partial charge in [0.05, 0.1) is 18.2 Å². The highest BCUT2D eigenvalue weighted by Crippen LogP contribution is 2.26. The Morgan fingerprint density at radius 1 is 1.10 bits per heavy atom. The normalized spacial score (nSPS) is 12.7. The molecule has 0 radical (unpaired) electrons. The third-order valence-corrected chi connectivity index (χ3v) is 3.52. The van der Waals surface area contributed by atoms with Crippen LogP contribution in [0.2, 0.25) is 0 Å². The molecule has 2 N–H and O–H groups in total. The minimum atomic E-state index is -0.700. The van der Waals surface area contributed by atoms with Crippen molar-refractivity contribution in [3.8, 4) is 11.4 Å². The van der Waals surface area contributed by atoms with Gasteiger partial charge in [0.15, 0.2) is 0 Å². The summed E-state index contributed by atoms with van der Waals surface area (Å²) < 4.78 is 1.99. The van der Waals surface area contributed by atoms with Gasteiger partial charge in [0, 0.05) is 36.1 Å². The first-order valence-corrected chi connectivity index (χ1v) is 6.94. The maximum absolute atomic E-state index is 9.50. The standard InChI is InChI=1S/C16H17N3O2/c20-11-12(21)6-9-19-10-8-18-16(19)14-3-1-5-15-13(14)4-2-7-17-15/h1-5,7-8,10,12,20-21H,6,9,11H2. The highest BCUT2D eigenvalue weighted by atomic mass is 16.3. The number of hydrogen-bond acceptors (Lipinski definition) is 4. The van der Waals surface area contributed by atoms with Gasteiger partial charge in [-0.1, -0.05) is 18.2 Å². The van der Waals surface area contributed by atoms with Gasteiger partial charge in [0.25, 0.3) is 0 Å². The van der Waals surface area contributed by atoms with Crippen LogP contribution in [0, 0.1) is 0 Å². The summed E-state index contributed by atoms with van der Waals surface area (Å²) in [7, 11) is 0. The highest BCUT2D eigenvalue weighted by molar-refractivity contribution is 5.92. The average Bonchev–Trinajstić information content (AvgIpc) is 3.00. The van der Waals surface area contributed by atoms with Gasteiger partial charge in [-0.3, -0.25) is 4.98 Å². The zero-order valence-electron chi connectivity index (χ0n) is 11.6. The molecule has 2 aromatic heterocycles. The molecule has 5 heteroatoms. The number of fused-ring (bicyclic) bond motifs is 1. The molecule has 0 fully saturated rings. The van der Waals surface area contributed by atoms with E-state index < -0.39 is 6.10 Å². The largest absolute Gasteiger partial charge is 0.394 e. The number of aliphatic hydroxyl groups excluding tert-OH is 2. The van der Waals surface area contributed by atoms with Crippen LogP contribution in [0.1, 0.15) is 6.42 Å². The molecule has 0 aliphatic rings. The first kappa shape index (κ1) is 13.7. The van der Waals surface area contributed by atoms with Gasteiger partial charge in [-0.25, -0.2) is 4.98 Å². The number of rotatable bonds is 5. The maximum Gasteiger partial charge on any atom is 0.140 e. The van der Waals surface area contributed by atoms with E-state index in [1.165, 1.54) is 0 Å². The number of pyridine rings is 1. The molecule has 0 amide bonds. The zero-order valence-corrected chi connectivity index (χ0v) is 11.6. The summed E-state index contributed by atoms with van der Waals surface area (Å²) in [5.41, 5.74) is 1.95. The first-order chi connectivity index (χ1) is 10.3. The van der Waals surface area contributed by atoms with Crippen LogP contribution in [0.25, 0.3) is 22.3 Å². The van der Waals surface area contributed by atoms with Crippen molar-refractivity contribution in [2.24, 2.45) is 0 Å². The van der Waals surface area contributed by atoms with E-state index in [4.69, 9.17) is 5.11 Å². The summed E-state index contributed by atoms with van der Waals surface area (Å²) >= 11 is 0. The van der Waals surface area contributed by atoms with Crippen LogP contribution >= 0.6 is 0 Å². The lowest BCUT2D eigenvalue weighted by atomic mass is 10.1. The van der Waals surface area contributed by atoms with Crippen molar-refractivity contribution in [1.82, 2.24) is 14.5 Å². The zero-order chi connectivity index (χ0) is 14.7. The summed E-state index contributed by atoms with van der Waals surface area (Å²) in [5, 5.41) is 19.5. The summed E-state index contributed by atoms with van der Waals surface area (Å²) in [4.78, 5) is 8.79. The molecule has 2 heterocycles. The Labute approximate surface area is 122 Å². The lowest BCUT2D eigenvalue weighted by Crippen LogP contribution is -2.15. The predicted octanol–water partition coefficient (Wildman–Crippen LogP) is 1.84. The van der Waals surface area contributed by atoms with E-state index >= 15 is 0 Å². The van der Waals surface area contributed by atoms with Crippen LogP contribution in [0.15, 0.2) is 48.9 Å². The molecule has 1 atom stereocenters. The Hall–Kier alpha value is -2.24. The summed E-state index contributed by atoms with van der Waals surface area (Å²) in [5.74, 6) is 0.846. The van der Waals surface area contributed by atoms with Gasteiger partial charge in [-0.2, -0.15) is 0 Å². The molecule has 0 aliphatic heterocycles. The number of hydrogen-bond donors (Lipinski definition) is 2. The van der Waals surface area contributed by atoms with E-state index in [-0.39, 0.29) is 6.61 Å². The van der Waals surface area contributed by atoms with Gasteiger partial charge in [0.2, 0.25) is 0 Å². The molecule has 5 nitrogen and oxygen atoms in total. The van der Waals surface area contributed by atoms with Crippen LogP contribution in [-0.2, 0) is 6.54 Å². The third kappa shape index (κ3) is 2.79. The van der Waals surface area contributed by atoms with Crippen molar-refractivity contribution in [2.75, 3.05) is 6.61 Å². The van der Waals surface area contributed by atoms with E-state index in [0.29, 0.717) is 13.0 Å². The molecule has 1 aromatic carbocycles. The molecule has 3 rings (SSSR count). The van der Waals surface area contributed by atoms with E-state index in [9.17, 15) is 5.11 Å². The Morgan fingerprint density at radius 3 is 2.86 bits per heavy atom. The molecular weight excluding hydrogens is 266 g/mol. The van der Waals surface area contributed by atoms with Gasteiger partial charge in [-0.05, 0) is 18.6 Å². The fourth-order valence-electron chi connectivity index (χ4n) is 2.41. The second kappa shape index (κ2) is 6.03. The molecule has 0 aliphatic carbocycles. The second-order valence-corrected chi connectivity index (χ2v) is 4.94. The number of aromatic nitrogens is 3. The van der Waals surface area contributed by atoms with E-state index in [2.05, 4.69) is 9.97 Å². The smallest absolute Gasteiger partial charge is 0.140 e. The number of aliphatic hydroxyl groups is 2. The van der Waals surface area contributed by atoms with Gasteiger partial charge in [0.1, 0.15) is 5.82 Å². The molecule has 0 saturated heterocycles. The molecule has 0 bridgehead atoms. The summed E-state index contributed by atoms with van der Waals surface area (Å²) in [6.45, 7) is 0.385. The second-order valence-electron chi connectivity index (χ2n) is 4.94. The topological polar surface area (TPSA) is 71.2 Å². The first-order valence-electron chi connectivity index (χ1n) is 6.94. The monoisotopic (exact) mass is 283 g/mol. The van der Waals surface area contributed by atoms with E-state index in [0.717, 1.165) is 22.3 Å². The van der Waals surface area contributed by atoms with Crippen LogP contribution in [0.5, 0.6) is 0 Å².